The van der Waals surface area contributed by atoms with Crippen LogP contribution in [0.2, 0.25) is 0 Å². The largest absolute Gasteiger partial charge is 0.496 e. The predicted molar refractivity (Wildman–Crippen MR) is 114 cm³/mol. The molecule has 4 rings (SSSR count). The summed E-state index contributed by atoms with van der Waals surface area (Å²) in [5.74, 6) is 1.92. The maximum absolute atomic E-state index is 12.8. The molecule has 0 unspecified atom stereocenters. The van der Waals surface area contributed by atoms with Gasteiger partial charge in [-0.3, -0.25) is 9.78 Å². The zero-order valence-corrected chi connectivity index (χ0v) is 17.6. The van der Waals surface area contributed by atoms with Gasteiger partial charge < -0.3 is 16.2 Å². The van der Waals surface area contributed by atoms with Crippen LogP contribution in [0.1, 0.15) is 40.9 Å². The fraction of sp³-hybridized carbons (Fsp3) is 0.400. The number of hydrogen-bond acceptors (Lipinski definition) is 8. The average molecular weight is 413 g/mol. The number of aliphatic imine (C=N–C) groups is 1. The van der Waals surface area contributed by atoms with Crippen LogP contribution in [0.5, 0.6) is 5.75 Å². The van der Waals surface area contributed by atoms with E-state index in [1.165, 1.54) is 11.8 Å². The monoisotopic (exact) mass is 412 g/mol. The van der Waals surface area contributed by atoms with E-state index in [1.807, 2.05) is 13.8 Å². The molecule has 3 heterocycles. The second kappa shape index (κ2) is 6.91. The van der Waals surface area contributed by atoms with Crippen LogP contribution in [-0.2, 0) is 16.8 Å². The van der Waals surface area contributed by atoms with E-state index in [1.54, 1.807) is 18.0 Å². The summed E-state index contributed by atoms with van der Waals surface area (Å²) in [4.78, 5) is 21.7. The van der Waals surface area contributed by atoms with Crippen molar-refractivity contribution in [2.24, 2.45) is 10.7 Å². The Kier molecular flexibility index (Phi) is 4.65. The summed E-state index contributed by atoms with van der Waals surface area (Å²) in [6, 6.07) is 0. The smallest absolute Gasteiger partial charge is 0.155 e. The van der Waals surface area contributed by atoms with E-state index in [0.29, 0.717) is 34.4 Å². The van der Waals surface area contributed by atoms with Gasteiger partial charge in [-0.1, -0.05) is 18.3 Å². The number of aromatic nitrogens is 3. The van der Waals surface area contributed by atoms with Gasteiger partial charge in [-0.2, -0.15) is 5.10 Å². The van der Waals surface area contributed by atoms with E-state index in [9.17, 15) is 4.79 Å². The van der Waals surface area contributed by atoms with E-state index in [2.05, 4.69) is 16.6 Å². The van der Waals surface area contributed by atoms with Crippen molar-refractivity contribution in [1.29, 1.82) is 0 Å². The summed E-state index contributed by atoms with van der Waals surface area (Å²) in [6.45, 7) is 7.95. The van der Waals surface area contributed by atoms with Gasteiger partial charge in [0.2, 0.25) is 0 Å². The molecular formula is C20H24N6O2S. The molecule has 1 aliphatic heterocycles. The van der Waals surface area contributed by atoms with E-state index in [4.69, 9.17) is 21.3 Å². The number of ketones is 1. The van der Waals surface area contributed by atoms with Gasteiger partial charge in [0.15, 0.2) is 5.78 Å². The van der Waals surface area contributed by atoms with Crippen molar-refractivity contribution in [3.05, 3.63) is 46.7 Å². The molecule has 2 aliphatic rings. The van der Waals surface area contributed by atoms with Crippen molar-refractivity contribution < 1.29 is 9.53 Å². The van der Waals surface area contributed by atoms with Gasteiger partial charge in [0.25, 0.3) is 0 Å². The Morgan fingerprint density at radius 3 is 2.79 bits per heavy atom. The summed E-state index contributed by atoms with van der Waals surface area (Å²) >= 11 is 1.34. The summed E-state index contributed by atoms with van der Waals surface area (Å²) in [6.07, 6.45) is 3.34. The van der Waals surface area contributed by atoms with Crippen molar-refractivity contribution in [3.63, 3.8) is 0 Å². The molecule has 8 nitrogen and oxygen atoms in total. The lowest BCUT2D eigenvalue weighted by Gasteiger charge is -2.13. The number of Topliss-reactive ketones (excluding diaryl/α,β-unsaturated/α-hetero) is 1. The van der Waals surface area contributed by atoms with Gasteiger partial charge in [0.05, 0.1) is 41.8 Å². The van der Waals surface area contributed by atoms with Crippen molar-refractivity contribution in [1.82, 2.24) is 14.8 Å². The number of nitrogens with zero attached hydrogens (tertiary/aromatic N) is 4. The number of nitrogen functional groups attached to an aromatic ring is 1. The van der Waals surface area contributed by atoms with E-state index < -0.39 is 5.41 Å². The first kappa shape index (κ1) is 19.5. The molecule has 0 aromatic carbocycles. The number of nitrogens with two attached hydrogens (primary N) is 2. The summed E-state index contributed by atoms with van der Waals surface area (Å²) < 4.78 is 7.21. The van der Waals surface area contributed by atoms with Crippen LogP contribution in [-0.4, -0.2) is 38.5 Å². The second-order valence-corrected chi connectivity index (χ2v) is 8.48. The number of carbonyl (C=O) groups is 1. The third kappa shape index (κ3) is 3.09. The summed E-state index contributed by atoms with van der Waals surface area (Å²) in [5, 5.41) is 5.37. The third-order valence-electron chi connectivity index (χ3n) is 5.58. The third-order valence-corrected chi connectivity index (χ3v) is 6.55. The minimum absolute atomic E-state index is 0.160. The lowest BCUT2D eigenvalue weighted by atomic mass is 9.95. The number of thioether (sulfide) groups is 1. The second-order valence-electron chi connectivity index (χ2n) is 7.51. The average Bonchev–Trinajstić information content (AvgIpc) is 3.42. The highest BCUT2D eigenvalue weighted by molar-refractivity contribution is 8.15. The standard InChI is InChI=1S/C20H24N6O2S/c1-10-7-23-13(11(2)16(10)28-4)8-26-18(22)15-17(25-26)20(5-6-20)14(27)9-29-19(15)24-12(3)21/h7H,3,5-6,8-9,21-22H2,1-2,4H3/b24-19+. The zero-order chi connectivity index (χ0) is 20.9. The van der Waals surface area contributed by atoms with Gasteiger partial charge in [0, 0.05) is 17.3 Å². The van der Waals surface area contributed by atoms with Crippen LogP contribution in [0.25, 0.3) is 0 Å². The van der Waals surface area contributed by atoms with Crippen molar-refractivity contribution in [3.8, 4) is 5.75 Å². The number of carbonyl (C=O) groups excluding carboxylic acids is 1. The van der Waals surface area contributed by atoms with Crippen LogP contribution in [0.3, 0.4) is 0 Å². The fourth-order valence-corrected chi connectivity index (χ4v) is 4.92. The maximum atomic E-state index is 12.8. The van der Waals surface area contributed by atoms with Crippen LogP contribution in [0, 0.1) is 13.8 Å². The molecule has 0 saturated heterocycles. The number of pyridine rings is 1. The SMILES string of the molecule is C=C(N)/N=C1/SCC(=O)C2(CC2)c2nn(Cc3ncc(C)c(OC)c3C)c(N)c21. The Morgan fingerprint density at radius 2 is 2.17 bits per heavy atom. The molecule has 1 spiro atoms. The zero-order valence-electron chi connectivity index (χ0n) is 16.8. The Morgan fingerprint density at radius 1 is 1.45 bits per heavy atom. The van der Waals surface area contributed by atoms with E-state index in [-0.39, 0.29) is 11.6 Å². The quantitative estimate of drug-likeness (QED) is 0.788. The van der Waals surface area contributed by atoms with Crippen molar-refractivity contribution in [2.75, 3.05) is 18.6 Å². The first-order valence-corrected chi connectivity index (χ1v) is 10.3. The Hall–Kier alpha value is -2.81. The molecule has 1 fully saturated rings. The minimum atomic E-state index is -0.553. The maximum Gasteiger partial charge on any atom is 0.155 e. The van der Waals surface area contributed by atoms with Crippen LogP contribution >= 0.6 is 11.8 Å². The highest BCUT2D eigenvalue weighted by Gasteiger charge is 2.56. The Balaban J connectivity index is 1.84. The molecule has 29 heavy (non-hydrogen) atoms. The Labute approximate surface area is 173 Å². The molecule has 4 N–H and O–H groups in total. The number of methoxy groups -OCH3 is 1. The molecule has 0 radical (unpaired) electrons. The van der Waals surface area contributed by atoms with Gasteiger partial charge in [-0.05, 0) is 26.7 Å². The number of rotatable bonds is 4. The molecule has 2 aromatic rings. The first-order chi connectivity index (χ1) is 13.8. The highest BCUT2D eigenvalue weighted by Crippen LogP contribution is 2.53. The molecule has 0 amide bonds. The van der Waals surface area contributed by atoms with E-state index in [0.717, 1.165) is 35.4 Å². The van der Waals surface area contributed by atoms with Gasteiger partial charge in [-0.25, -0.2) is 9.67 Å². The lowest BCUT2D eigenvalue weighted by Crippen LogP contribution is -2.22. The molecule has 9 heteroatoms. The number of aryl methyl sites for hydroxylation is 1. The Bertz CT molecular complexity index is 1070. The van der Waals surface area contributed by atoms with Gasteiger partial charge in [-0.15, -0.1) is 0 Å². The van der Waals surface area contributed by atoms with Crippen molar-refractivity contribution >= 4 is 28.4 Å². The van der Waals surface area contributed by atoms with Crippen LogP contribution in [0.15, 0.2) is 23.6 Å². The lowest BCUT2D eigenvalue weighted by molar-refractivity contribution is -0.119. The molecule has 0 bridgehead atoms. The number of fused-ring (bicyclic) bond motifs is 2. The number of hydrogen-bond donors (Lipinski definition) is 2. The summed E-state index contributed by atoms with van der Waals surface area (Å²) in [5.41, 5.74) is 15.8. The molecular weight excluding hydrogens is 388 g/mol. The van der Waals surface area contributed by atoms with E-state index >= 15 is 0 Å². The van der Waals surface area contributed by atoms with Crippen LogP contribution < -0.4 is 16.2 Å². The first-order valence-electron chi connectivity index (χ1n) is 9.34. The molecule has 2 aromatic heterocycles. The topological polar surface area (TPSA) is 121 Å². The minimum Gasteiger partial charge on any atom is -0.496 e. The predicted octanol–water partition coefficient (Wildman–Crippen LogP) is 2.06. The molecule has 0 atom stereocenters. The number of anilines is 1. The molecule has 152 valence electrons. The fourth-order valence-electron chi connectivity index (χ4n) is 3.85. The van der Waals surface area contributed by atoms with Gasteiger partial charge >= 0.3 is 0 Å². The highest BCUT2D eigenvalue weighted by atomic mass is 32.2. The van der Waals surface area contributed by atoms with Crippen LogP contribution in [0.4, 0.5) is 5.82 Å². The number of ether oxygens (including phenoxy) is 1. The molecule has 1 saturated carbocycles. The normalized spacial score (nSPS) is 18.6. The molecule has 1 aliphatic carbocycles. The van der Waals surface area contributed by atoms with Crippen molar-refractivity contribution in [2.45, 2.75) is 38.6 Å². The van der Waals surface area contributed by atoms with Gasteiger partial charge in [0.1, 0.15) is 22.4 Å². The summed E-state index contributed by atoms with van der Waals surface area (Å²) in [7, 11) is 1.64.